The average Bonchev–Trinajstić information content (AvgIpc) is 3.49. The number of hydrogen-bond donors (Lipinski definition) is 1. The lowest BCUT2D eigenvalue weighted by Crippen LogP contribution is -2.56. The van der Waals surface area contributed by atoms with Crippen LogP contribution in [0.2, 0.25) is 0 Å². The van der Waals surface area contributed by atoms with Crippen molar-refractivity contribution in [2.75, 3.05) is 46.2 Å². The van der Waals surface area contributed by atoms with Gasteiger partial charge >= 0.3 is 0 Å². The van der Waals surface area contributed by atoms with Crippen LogP contribution < -0.4 is 15.2 Å². The largest absolute Gasteiger partial charge is 0.497 e. The molecule has 8 aromatic rings. The summed E-state index contributed by atoms with van der Waals surface area (Å²) >= 11 is 0. The molecule has 0 saturated carbocycles. The average molecular weight is 1210 g/mol. The lowest BCUT2D eigenvalue weighted by Gasteiger charge is -2.51. The van der Waals surface area contributed by atoms with Crippen LogP contribution in [0.4, 0.5) is 0 Å². The van der Waals surface area contributed by atoms with Crippen molar-refractivity contribution in [3.8, 4) is 11.5 Å². The second-order valence-corrected chi connectivity index (χ2v) is 25.0. The van der Waals surface area contributed by atoms with E-state index in [9.17, 15) is 16.8 Å². The lowest BCUT2D eigenvalue weighted by atomic mass is 9.71. The van der Waals surface area contributed by atoms with Gasteiger partial charge in [0.25, 0.3) is 9.05 Å². The zero-order chi connectivity index (χ0) is 52.4. The fraction of sp³-hybridized carbons (Fsp3) is 0.323. The SMILES string of the molecule is C.C=CC1CN2CCC1C[C@H]2[C@@H](CS(=O)(=O)c1ccc2ccccc2c1)c1ccnc2ccc(OC)cc12.C=CC1CN2CCC1C[C@H]2[C@@H](N)c1ccnc2ccc(OC)cc12.I.O=S(=O)(Cl)c1ccc2ccccc2c1. The third-order valence-electron chi connectivity index (χ3n) is 16.4. The van der Waals surface area contributed by atoms with E-state index in [0.717, 1.165) is 112 Å². The Balaban J connectivity index is 0.000000168. The number of fused-ring (bicyclic) bond motifs is 10. The number of hydrogen-bond acceptors (Lipinski definition) is 11. The molecule has 4 bridgehead atoms. The summed E-state index contributed by atoms with van der Waals surface area (Å²) in [5.41, 5.74) is 10.8. The number of nitrogens with zero attached hydrogens (tertiary/aromatic N) is 4. The number of aromatic nitrogens is 2. The highest BCUT2D eigenvalue weighted by molar-refractivity contribution is 14.0. The molecule has 0 radical (unpaired) electrons. The number of sulfone groups is 1. The van der Waals surface area contributed by atoms with Gasteiger partial charge in [0.1, 0.15) is 11.5 Å². The van der Waals surface area contributed by atoms with Crippen molar-refractivity contribution in [2.24, 2.45) is 29.4 Å². The van der Waals surface area contributed by atoms with Gasteiger partial charge in [-0.05, 0) is 168 Å². The van der Waals surface area contributed by atoms with Gasteiger partial charge in [-0.3, -0.25) is 19.8 Å². The molecule has 2 aromatic heterocycles. The van der Waals surface area contributed by atoms with Gasteiger partial charge < -0.3 is 15.2 Å². The molecule has 11 nitrogen and oxygen atoms in total. The summed E-state index contributed by atoms with van der Waals surface area (Å²) in [5.74, 6) is 3.81. The molecular formula is C62H69ClIN5O6S2. The van der Waals surface area contributed by atoms with Crippen LogP contribution in [0.25, 0.3) is 43.4 Å². The zero-order valence-electron chi connectivity index (χ0n) is 42.8. The highest BCUT2D eigenvalue weighted by Crippen LogP contribution is 2.45. The topological polar surface area (TPSA) is 145 Å². The monoisotopic (exact) mass is 1210 g/mol. The summed E-state index contributed by atoms with van der Waals surface area (Å²) < 4.78 is 61.0. The van der Waals surface area contributed by atoms with Gasteiger partial charge in [-0.25, -0.2) is 16.8 Å². The summed E-state index contributed by atoms with van der Waals surface area (Å²) in [6.45, 7) is 12.3. The maximum absolute atomic E-state index is 14.0. The number of nitrogens with two attached hydrogens (primary N) is 1. The maximum Gasteiger partial charge on any atom is 0.261 e. The molecule has 6 fully saturated rings. The molecule has 2 N–H and O–H groups in total. The molecular weight excluding hydrogens is 1140 g/mol. The Kier molecular flexibility index (Phi) is 18.5. The number of benzene rings is 6. The van der Waals surface area contributed by atoms with Gasteiger partial charge in [0.2, 0.25) is 0 Å². The van der Waals surface area contributed by atoms with E-state index in [0.29, 0.717) is 28.7 Å². The van der Waals surface area contributed by atoms with Gasteiger partial charge in [-0.2, -0.15) is 0 Å². The lowest BCUT2D eigenvalue weighted by molar-refractivity contribution is 0.00749. The van der Waals surface area contributed by atoms with Crippen LogP contribution >= 0.6 is 34.7 Å². The first-order chi connectivity index (χ1) is 36.2. The third-order valence-corrected chi connectivity index (χ3v) is 19.5. The minimum atomic E-state index is -3.62. The predicted octanol–water partition coefficient (Wildman–Crippen LogP) is 13.0. The Bertz CT molecular complexity index is 3640. The van der Waals surface area contributed by atoms with Crippen molar-refractivity contribution < 1.29 is 26.3 Å². The first-order valence-corrected chi connectivity index (χ1v) is 29.7. The van der Waals surface area contributed by atoms with E-state index < -0.39 is 18.9 Å². The molecule has 0 spiro atoms. The molecule has 14 rings (SSSR count). The standard InChI is InChI=1S/C31H32N2O3S.C20H25N3O.C10H7ClO2S.CH4.HI/c1-3-21-19-33-15-13-24(21)17-31(33)29(27-12-14-32-30-11-9-25(36-2)18-28(27)30)20-37(34,35)26-10-8-22-6-4-5-7-23(22)16-26;1-3-13-12-23-9-7-14(13)10-19(23)20(21)16-6-8-22-18-5-4-15(24-2)11-17(16)18;11-14(12,13)10-6-5-8-3-1-2-4-9(8)7-10;;/h3-12,14,16,18,21,24,29,31H,1,13,15,17,19-20H2,2H3;3-6,8,11,13-14,19-20H,1,7,9-10,12,21H2,2H3;1-7H;1H4;1H/t21?,24?,29-,31-;13?,14?,19-,20-;;;/m00.../s1. The molecule has 10 atom stereocenters. The number of pyridine rings is 2. The molecule has 8 heterocycles. The van der Waals surface area contributed by atoms with Crippen LogP contribution in [0.15, 0.2) is 181 Å². The van der Waals surface area contributed by atoms with Crippen molar-refractivity contribution in [3.05, 3.63) is 182 Å². The minimum absolute atomic E-state index is 0. The first kappa shape index (κ1) is 57.7. The molecule has 77 heavy (non-hydrogen) atoms. The van der Waals surface area contributed by atoms with Crippen molar-refractivity contribution in [2.45, 2.75) is 66.9 Å². The van der Waals surface area contributed by atoms with Crippen molar-refractivity contribution in [1.82, 2.24) is 19.8 Å². The summed E-state index contributed by atoms with van der Waals surface area (Å²) in [7, 11) is 1.39. The van der Waals surface area contributed by atoms with Gasteiger partial charge in [-0.15, -0.1) is 37.1 Å². The molecule has 6 aromatic carbocycles. The van der Waals surface area contributed by atoms with Gasteiger partial charge in [0, 0.05) is 71.0 Å². The zero-order valence-corrected chi connectivity index (χ0v) is 47.5. The van der Waals surface area contributed by atoms with Crippen molar-refractivity contribution >= 4 is 96.9 Å². The van der Waals surface area contributed by atoms with E-state index in [2.05, 4.69) is 57.2 Å². The second-order valence-electron chi connectivity index (χ2n) is 20.4. The van der Waals surface area contributed by atoms with E-state index in [4.69, 9.17) is 25.9 Å². The third kappa shape index (κ3) is 12.4. The quantitative estimate of drug-likeness (QED) is 0.0709. The normalized spacial score (nSPS) is 23.2. The van der Waals surface area contributed by atoms with Crippen LogP contribution in [0.3, 0.4) is 0 Å². The van der Waals surface area contributed by atoms with E-state index in [1.54, 1.807) is 32.4 Å². The molecule has 6 unspecified atom stereocenters. The highest BCUT2D eigenvalue weighted by atomic mass is 127. The first-order valence-electron chi connectivity index (χ1n) is 25.7. The molecule has 404 valence electrons. The number of ether oxygens (including phenoxy) is 2. The number of halogens is 2. The summed E-state index contributed by atoms with van der Waals surface area (Å²) in [6, 6.07) is 42.2. The molecule has 6 aliphatic heterocycles. The summed E-state index contributed by atoms with van der Waals surface area (Å²) in [6.07, 6.45) is 12.4. The van der Waals surface area contributed by atoms with Gasteiger partial charge in [0.05, 0.1) is 40.8 Å². The predicted molar refractivity (Wildman–Crippen MR) is 325 cm³/mol. The van der Waals surface area contributed by atoms with Crippen molar-refractivity contribution in [1.29, 1.82) is 0 Å². The van der Waals surface area contributed by atoms with Crippen LogP contribution in [0.5, 0.6) is 11.5 Å². The smallest absolute Gasteiger partial charge is 0.261 e. The van der Waals surface area contributed by atoms with Crippen LogP contribution in [0, 0.1) is 23.7 Å². The summed E-state index contributed by atoms with van der Waals surface area (Å²) in [5, 5.41) is 5.91. The molecule has 6 saturated heterocycles. The van der Waals surface area contributed by atoms with Crippen LogP contribution in [0.1, 0.15) is 56.2 Å². The molecule has 6 aliphatic rings. The fourth-order valence-electron chi connectivity index (χ4n) is 12.3. The second kappa shape index (κ2) is 24.7. The van der Waals surface area contributed by atoms with Gasteiger partial charge in [-0.1, -0.05) is 80.2 Å². The van der Waals surface area contributed by atoms with E-state index in [-0.39, 0.29) is 60.1 Å². The van der Waals surface area contributed by atoms with E-state index in [1.165, 1.54) is 18.1 Å². The maximum atomic E-state index is 14.0. The minimum Gasteiger partial charge on any atom is -0.497 e. The molecule has 0 aliphatic carbocycles. The number of methoxy groups -OCH3 is 2. The Morgan fingerprint density at radius 1 is 0.636 bits per heavy atom. The Morgan fingerprint density at radius 2 is 1.10 bits per heavy atom. The Hall–Kier alpha value is -5.46. The van der Waals surface area contributed by atoms with Gasteiger partial charge in [0.15, 0.2) is 9.84 Å². The van der Waals surface area contributed by atoms with Crippen molar-refractivity contribution in [3.63, 3.8) is 0 Å². The Morgan fingerprint density at radius 3 is 1.58 bits per heavy atom. The van der Waals surface area contributed by atoms with E-state index >= 15 is 0 Å². The molecule has 15 heteroatoms. The fourth-order valence-corrected chi connectivity index (χ4v) is 14.8. The van der Waals surface area contributed by atoms with Crippen LogP contribution in [-0.4, -0.2) is 94.8 Å². The van der Waals surface area contributed by atoms with E-state index in [1.807, 2.05) is 109 Å². The number of rotatable bonds is 12. The highest BCUT2D eigenvalue weighted by Gasteiger charge is 2.45. The number of piperidine rings is 6. The van der Waals surface area contributed by atoms with Crippen LogP contribution in [-0.2, 0) is 18.9 Å². The summed E-state index contributed by atoms with van der Waals surface area (Å²) in [4.78, 5) is 14.6. The molecule has 0 amide bonds. The Labute approximate surface area is 475 Å².